The first-order chi connectivity index (χ1) is 7.74. The van der Waals surface area contributed by atoms with Crippen molar-refractivity contribution < 1.29 is 0 Å². The Kier molecular flexibility index (Phi) is 13.4. The van der Waals surface area contributed by atoms with Crippen LogP contribution in [0.5, 0.6) is 0 Å². The molecule has 102 valence electrons. The van der Waals surface area contributed by atoms with E-state index in [4.69, 9.17) is 5.41 Å². The molecule has 0 bridgehead atoms. The Hall–Kier alpha value is -0.410. The van der Waals surface area contributed by atoms with Crippen LogP contribution in [-0.4, -0.2) is 54.7 Å². The van der Waals surface area contributed by atoms with Crippen molar-refractivity contribution in [3.63, 3.8) is 0 Å². The summed E-state index contributed by atoms with van der Waals surface area (Å²) < 4.78 is 0. The van der Waals surface area contributed by atoms with Crippen molar-refractivity contribution >= 4 is 18.4 Å². The minimum atomic E-state index is 0. The van der Waals surface area contributed by atoms with Gasteiger partial charge in [-0.1, -0.05) is 27.7 Å². The molecule has 0 fully saturated rings. The van der Waals surface area contributed by atoms with E-state index >= 15 is 0 Å². The van der Waals surface area contributed by atoms with Crippen molar-refractivity contribution in [3.8, 4) is 0 Å². The zero-order valence-electron chi connectivity index (χ0n) is 11.6. The molecular weight excluding hydrogens is 236 g/mol. The monoisotopic (exact) mass is 262 g/mol. The first-order valence-electron chi connectivity index (χ1n) is 6.31. The zero-order valence-corrected chi connectivity index (χ0v) is 12.4. The fourth-order valence-electron chi connectivity index (χ4n) is 2.12. The normalized spacial score (nSPS) is 10.5. The highest BCUT2D eigenvalue weighted by molar-refractivity contribution is 5.85. The lowest BCUT2D eigenvalue weighted by molar-refractivity contribution is 0.0522. The van der Waals surface area contributed by atoms with Gasteiger partial charge in [0.2, 0.25) is 0 Å². The third-order valence-electron chi connectivity index (χ3n) is 3.05. The molecular formula is C12H27ClN4. The van der Waals surface area contributed by atoms with Crippen molar-refractivity contribution in [2.75, 3.05) is 32.7 Å². The van der Waals surface area contributed by atoms with E-state index in [2.05, 4.69) is 48.5 Å². The maximum atomic E-state index is 6.80. The van der Waals surface area contributed by atoms with Gasteiger partial charge in [0.15, 0.2) is 0 Å². The Morgan fingerprint density at radius 1 is 1.00 bits per heavy atom. The molecule has 0 radical (unpaired) electrons. The number of hydrogen-bond acceptors (Lipinski definition) is 4. The van der Waals surface area contributed by atoms with Gasteiger partial charge in [0.25, 0.3) is 0 Å². The molecule has 4 nitrogen and oxygen atoms in total. The number of halogens is 1. The van der Waals surface area contributed by atoms with Gasteiger partial charge in [-0.2, -0.15) is 0 Å². The highest BCUT2D eigenvalue weighted by atomic mass is 35.5. The molecule has 0 unspecified atom stereocenters. The van der Waals surface area contributed by atoms with E-state index in [0.717, 1.165) is 32.6 Å². The highest BCUT2D eigenvalue weighted by Gasteiger charge is 2.20. The van der Waals surface area contributed by atoms with Gasteiger partial charge in [-0.05, 0) is 32.6 Å². The molecule has 1 N–H and O–H groups in total. The van der Waals surface area contributed by atoms with Crippen LogP contribution in [0.15, 0.2) is 4.99 Å². The van der Waals surface area contributed by atoms with Gasteiger partial charge in [-0.15, -0.1) is 12.4 Å². The van der Waals surface area contributed by atoms with Crippen LogP contribution in [-0.2, 0) is 0 Å². The van der Waals surface area contributed by atoms with Crippen LogP contribution < -0.4 is 0 Å². The zero-order chi connectivity index (χ0) is 12.4. The first kappa shape index (κ1) is 18.9. The lowest BCUT2D eigenvalue weighted by atomic mass is 10.2. The number of nitrogens with zero attached hydrogens (tertiary/aromatic N) is 3. The summed E-state index contributed by atoms with van der Waals surface area (Å²) in [5.41, 5.74) is 0. The molecule has 17 heavy (non-hydrogen) atoms. The minimum absolute atomic E-state index is 0. The van der Waals surface area contributed by atoms with E-state index in [-0.39, 0.29) is 12.4 Å². The molecule has 5 heteroatoms. The van der Waals surface area contributed by atoms with Gasteiger partial charge in [-0.25, -0.2) is 10.4 Å². The molecule has 0 saturated carbocycles. The fourth-order valence-corrected chi connectivity index (χ4v) is 2.12. The van der Waals surface area contributed by atoms with E-state index in [1.54, 1.807) is 0 Å². The topological polar surface area (TPSA) is 42.7 Å². The fraction of sp³-hybridized carbons (Fsp3) is 0.917. The quantitative estimate of drug-likeness (QED) is 0.513. The number of hydrogen-bond donors (Lipinski definition) is 1. The first-order valence-corrected chi connectivity index (χ1v) is 6.31. The average molecular weight is 263 g/mol. The Morgan fingerprint density at radius 3 is 1.71 bits per heavy atom. The molecule has 0 aromatic rings. The molecule has 0 aliphatic heterocycles. The molecule has 0 aliphatic rings. The van der Waals surface area contributed by atoms with Crippen LogP contribution in [0.25, 0.3) is 0 Å². The van der Waals surface area contributed by atoms with Gasteiger partial charge in [0, 0.05) is 0 Å². The van der Waals surface area contributed by atoms with Crippen molar-refractivity contribution in [2.24, 2.45) is 4.99 Å². The van der Waals surface area contributed by atoms with Crippen LogP contribution in [0.4, 0.5) is 0 Å². The van der Waals surface area contributed by atoms with Crippen molar-refractivity contribution in [3.05, 3.63) is 0 Å². The lowest BCUT2D eigenvalue weighted by Crippen LogP contribution is -2.48. The summed E-state index contributed by atoms with van der Waals surface area (Å²) >= 11 is 0. The summed E-state index contributed by atoms with van der Waals surface area (Å²) in [6, 6.07) is 2.11. The molecule has 0 aliphatic carbocycles. The molecule has 0 aromatic carbocycles. The molecule has 0 rings (SSSR count). The molecule has 0 heterocycles. The summed E-state index contributed by atoms with van der Waals surface area (Å²) in [5.74, 6) is 0. The summed E-state index contributed by atoms with van der Waals surface area (Å²) in [5, 5.41) is 6.80. The SMILES string of the molecule is CCN(CC)C(CCN=C=N)N(CC)CC.Cl. The third-order valence-corrected chi connectivity index (χ3v) is 3.05. The maximum absolute atomic E-state index is 6.80. The highest BCUT2D eigenvalue weighted by Crippen LogP contribution is 2.10. The Morgan fingerprint density at radius 2 is 1.41 bits per heavy atom. The standard InChI is InChI=1S/C12H26N4.ClH/c1-5-15(6-2)12(9-10-14-11-13)16(7-3)8-4;/h12-13H,5-10H2,1-4H3;1H. The van der Waals surface area contributed by atoms with Crippen LogP contribution in [0, 0.1) is 5.41 Å². The molecule has 0 saturated heterocycles. The second-order valence-corrected chi connectivity index (χ2v) is 3.71. The van der Waals surface area contributed by atoms with Crippen LogP contribution in [0.2, 0.25) is 0 Å². The van der Waals surface area contributed by atoms with Crippen LogP contribution in [0.3, 0.4) is 0 Å². The van der Waals surface area contributed by atoms with Crippen LogP contribution >= 0.6 is 12.4 Å². The third kappa shape index (κ3) is 6.79. The minimum Gasteiger partial charge on any atom is -0.288 e. The molecule has 0 aromatic heterocycles. The van der Waals surface area contributed by atoms with E-state index in [1.165, 1.54) is 0 Å². The Labute approximate surface area is 112 Å². The second kappa shape index (κ2) is 12.1. The van der Waals surface area contributed by atoms with Gasteiger partial charge in [0.05, 0.1) is 18.7 Å². The van der Waals surface area contributed by atoms with E-state index in [9.17, 15) is 0 Å². The Balaban J connectivity index is 0. The van der Waals surface area contributed by atoms with Crippen LogP contribution in [0.1, 0.15) is 34.1 Å². The van der Waals surface area contributed by atoms with E-state index in [1.807, 2.05) is 0 Å². The van der Waals surface area contributed by atoms with Crippen molar-refractivity contribution in [2.45, 2.75) is 40.3 Å². The number of rotatable bonds is 9. The smallest absolute Gasteiger partial charge is 0.0861 e. The average Bonchev–Trinajstić information content (AvgIpc) is 2.31. The van der Waals surface area contributed by atoms with Gasteiger partial charge >= 0.3 is 0 Å². The predicted molar refractivity (Wildman–Crippen MR) is 76.5 cm³/mol. The molecule has 0 atom stereocenters. The second-order valence-electron chi connectivity index (χ2n) is 3.71. The molecule has 0 spiro atoms. The Bertz CT molecular complexity index is 197. The lowest BCUT2D eigenvalue weighted by Gasteiger charge is -2.37. The predicted octanol–water partition coefficient (Wildman–Crippen LogP) is 2.56. The van der Waals surface area contributed by atoms with Gasteiger partial charge < -0.3 is 0 Å². The van der Waals surface area contributed by atoms with Crippen molar-refractivity contribution in [1.82, 2.24) is 9.80 Å². The summed E-state index contributed by atoms with van der Waals surface area (Å²) in [6.07, 6.45) is 1.43. The maximum Gasteiger partial charge on any atom is 0.0861 e. The number of aliphatic imine (C=N–C) groups is 1. The number of nitrogens with one attached hydrogen (secondary N) is 1. The summed E-state index contributed by atoms with van der Waals surface area (Å²) in [7, 11) is 0. The molecule has 0 amide bonds. The van der Waals surface area contributed by atoms with E-state index in [0.29, 0.717) is 12.7 Å². The summed E-state index contributed by atoms with van der Waals surface area (Å²) in [6.45, 7) is 13.7. The largest absolute Gasteiger partial charge is 0.288 e. The van der Waals surface area contributed by atoms with E-state index < -0.39 is 0 Å². The van der Waals surface area contributed by atoms with Gasteiger partial charge in [0.1, 0.15) is 0 Å². The van der Waals surface area contributed by atoms with Crippen molar-refractivity contribution in [1.29, 1.82) is 5.41 Å². The van der Waals surface area contributed by atoms with Gasteiger partial charge in [-0.3, -0.25) is 9.80 Å². The summed E-state index contributed by atoms with van der Waals surface area (Å²) in [4.78, 5) is 8.78.